The SMILES string of the molecule is C[C@H]1Cc2c(sc(NC(=O)CCNC3CC4CNCC4C3)c2-c2nc3cnccc3s2)CN1. The summed E-state index contributed by atoms with van der Waals surface area (Å²) in [6.07, 6.45) is 7.53. The summed E-state index contributed by atoms with van der Waals surface area (Å²) >= 11 is 3.38. The van der Waals surface area contributed by atoms with Crippen molar-refractivity contribution in [2.24, 2.45) is 11.8 Å². The Balaban J connectivity index is 1.17. The Bertz CT molecular complexity index is 1130. The molecular weight excluding hydrogens is 452 g/mol. The van der Waals surface area contributed by atoms with Crippen LogP contribution in [-0.2, 0) is 17.8 Å². The van der Waals surface area contributed by atoms with Crippen molar-refractivity contribution in [3.05, 3.63) is 28.9 Å². The lowest BCUT2D eigenvalue weighted by Gasteiger charge is -2.20. The first-order valence-electron chi connectivity index (χ1n) is 12.0. The molecule has 7 nitrogen and oxygen atoms in total. The van der Waals surface area contributed by atoms with E-state index in [4.69, 9.17) is 4.98 Å². The zero-order chi connectivity index (χ0) is 22.4. The number of aromatic nitrogens is 2. The number of thiazole rings is 1. The molecule has 2 aliphatic heterocycles. The van der Waals surface area contributed by atoms with E-state index in [0.717, 1.165) is 70.2 Å². The lowest BCUT2D eigenvalue weighted by molar-refractivity contribution is -0.116. The van der Waals surface area contributed by atoms with Gasteiger partial charge in [0.2, 0.25) is 5.91 Å². The Morgan fingerprint density at radius 1 is 1.24 bits per heavy atom. The van der Waals surface area contributed by atoms with Gasteiger partial charge in [0.05, 0.1) is 10.9 Å². The van der Waals surface area contributed by atoms with E-state index in [2.05, 4.69) is 33.2 Å². The van der Waals surface area contributed by atoms with Crippen LogP contribution in [0, 0.1) is 11.8 Å². The quantitative estimate of drug-likeness (QED) is 0.431. The van der Waals surface area contributed by atoms with Gasteiger partial charge in [0.1, 0.15) is 15.5 Å². The molecule has 6 rings (SSSR count). The molecule has 1 saturated heterocycles. The zero-order valence-electron chi connectivity index (χ0n) is 18.8. The van der Waals surface area contributed by atoms with Crippen LogP contribution >= 0.6 is 22.7 Å². The second kappa shape index (κ2) is 9.03. The molecule has 9 heteroatoms. The first-order valence-corrected chi connectivity index (χ1v) is 13.6. The molecule has 174 valence electrons. The summed E-state index contributed by atoms with van der Waals surface area (Å²) < 4.78 is 1.12. The van der Waals surface area contributed by atoms with Crippen LogP contribution in [0.4, 0.5) is 5.00 Å². The lowest BCUT2D eigenvalue weighted by Crippen LogP contribution is -2.32. The molecule has 0 radical (unpaired) electrons. The zero-order valence-corrected chi connectivity index (χ0v) is 20.5. The molecule has 5 heterocycles. The molecule has 1 amide bonds. The molecule has 2 unspecified atom stereocenters. The van der Waals surface area contributed by atoms with Gasteiger partial charge in [-0.1, -0.05) is 0 Å². The molecule has 1 saturated carbocycles. The van der Waals surface area contributed by atoms with Crippen LogP contribution in [0.15, 0.2) is 18.5 Å². The fraction of sp³-hybridized carbons (Fsp3) is 0.542. The molecule has 3 aromatic rings. The van der Waals surface area contributed by atoms with Gasteiger partial charge in [-0.25, -0.2) is 4.98 Å². The Kier molecular flexibility index (Phi) is 5.92. The van der Waals surface area contributed by atoms with Crippen molar-refractivity contribution >= 4 is 43.8 Å². The number of carbonyl (C=O) groups excluding carboxylic acids is 1. The molecule has 33 heavy (non-hydrogen) atoms. The van der Waals surface area contributed by atoms with Gasteiger partial charge in [-0.2, -0.15) is 0 Å². The predicted octanol–water partition coefficient (Wildman–Crippen LogP) is 3.37. The number of nitrogens with one attached hydrogen (secondary N) is 4. The Labute approximate surface area is 201 Å². The minimum absolute atomic E-state index is 0.0750. The van der Waals surface area contributed by atoms with Crippen molar-refractivity contribution in [3.8, 4) is 10.6 Å². The maximum absolute atomic E-state index is 12.9. The Morgan fingerprint density at radius 2 is 2.09 bits per heavy atom. The normalized spacial score (nSPS) is 26.5. The van der Waals surface area contributed by atoms with Gasteiger partial charge in [-0.15, -0.1) is 22.7 Å². The summed E-state index contributed by atoms with van der Waals surface area (Å²) in [5.41, 5.74) is 3.36. The van der Waals surface area contributed by atoms with E-state index in [1.807, 2.05) is 18.5 Å². The third kappa shape index (κ3) is 4.33. The van der Waals surface area contributed by atoms with Gasteiger partial charge < -0.3 is 21.3 Å². The second-order valence-electron chi connectivity index (χ2n) is 9.66. The fourth-order valence-electron chi connectivity index (χ4n) is 5.63. The van der Waals surface area contributed by atoms with Crippen LogP contribution in [0.1, 0.15) is 36.6 Å². The third-order valence-corrected chi connectivity index (χ3v) is 9.51. The van der Waals surface area contributed by atoms with E-state index < -0.39 is 0 Å². The summed E-state index contributed by atoms with van der Waals surface area (Å²) in [6.45, 7) is 6.10. The summed E-state index contributed by atoms with van der Waals surface area (Å²) in [6, 6.07) is 2.98. The van der Waals surface area contributed by atoms with Gasteiger partial charge in [0.25, 0.3) is 0 Å². The number of pyridine rings is 1. The monoisotopic (exact) mass is 482 g/mol. The van der Waals surface area contributed by atoms with Crippen LogP contribution < -0.4 is 21.3 Å². The average molecular weight is 483 g/mol. The Morgan fingerprint density at radius 3 is 2.91 bits per heavy atom. The molecule has 0 spiro atoms. The van der Waals surface area contributed by atoms with E-state index in [1.54, 1.807) is 22.7 Å². The molecule has 1 aliphatic carbocycles. The summed E-state index contributed by atoms with van der Waals surface area (Å²) in [5, 5.41) is 15.8. The van der Waals surface area contributed by atoms with Crippen LogP contribution in [0.5, 0.6) is 0 Å². The molecular formula is C24H30N6OS2. The first kappa shape index (κ1) is 21.6. The van der Waals surface area contributed by atoms with Gasteiger partial charge in [-0.3, -0.25) is 9.78 Å². The fourth-order valence-corrected chi connectivity index (χ4v) is 7.90. The smallest absolute Gasteiger partial charge is 0.226 e. The highest BCUT2D eigenvalue weighted by molar-refractivity contribution is 7.22. The number of hydrogen-bond donors (Lipinski definition) is 4. The topological polar surface area (TPSA) is 91.0 Å². The lowest BCUT2D eigenvalue weighted by atomic mass is 9.99. The number of carbonyl (C=O) groups is 1. The standard InChI is InChI=1S/C24H30N6OS2/c1-13-6-17-20(12-28-13)33-24(22(17)23-29-18-11-25-4-2-19(18)32-23)30-21(31)3-5-27-16-7-14-9-26-10-15(14)8-16/h2,4,11,13-16,26-28H,3,5-10,12H2,1H3,(H,30,31)/t13-,14?,15?,16?/m0/s1. The van der Waals surface area contributed by atoms with Crippen LogP contribution in [0.2, 0.25) is 0 Å². The number of hydrogen-bond acceptors (Lipinski definition) is 8. The van der Waals surface area contributed by atoms with Crippen molar-refractivity contribution in [3.63, 3.8) is 0 Å². The highest BCUT2D eigenvalue weighted by Gasteiger charge is 2.36. The summed E-state index contributed by atoms with van der Waals surface area (Å²) in [7, 11) is 0. The van der Waals surface area contributed by atoms with Crippen molar-refractivity contribution < 1.29 is 4.79 Å². The van der Waals surface area contributed by atoms with E-state index in [0.29, 0.717) is 18.5 Å². The number of nitrogens with zero attached hydrogens (tertiary/aromatic N) is 2. The molecule has 2 fully saturated rings. The van der Waals surface area contributed by atoms with Crippen LogP contribution in [-0.4, -0.2) is 47.6 Å². The molecule has 3 aliphatic rings. The molecule has 3 atom stereocenters. The van der Waals surface area contributed by atoms with E-state index in [-0.39, 0.29) is 5.91 Å². The number of amides is 1. The molecule has 4 N–H and O–H groups in total. The van der Waals surface area contributed by atoms with Gasteiger partial charge in [0, 0.05) is 48.2 Å². The number of rotatable bonds is 6. The highest BCUT2D eigenvalue weighted by Crippen LogP contribution is 2.45. The second-order valence-corrected chi connectivity index (χ2v) is 11.8. The molecule has 3 aromatic heterocycles. The average Bonchev–Trinajstić information content (AvgIpc) is 3.54. The minimum atomic E-state index is 0.0750. The number of thiophene rings is 1. The molecule has 0 bridgehead atoms. The number of anilines is 1. The number of fused-ring (bicyclic) bond motifs is 3. The van der Waals surface area contributed by atoms with Crippen LogP contribution in [0.3, 0.4) is 0 Å². The van der Waals surface area contributed by atoms with Gasteiger partial charge >= 0.3 is 0 Å². The van der Waals surface area contributed by atoms with Crippen molar-refractivity contribution in [2.45, 2.75) is 51.2 Å². The largest absolute Gasteiger partial charge is 0.317 e. The van der Waals surface area contributed by atoms with Crippen LogP contribution in [0.25, 0.3) is 20.8 Å². The summed E-state index contributed by atoms with van der Waals surface area (Å²) in [4.78, 5) is 23.3. The van der Waals surface area contributed by atoms with Crippen molar-refractivity contribution in [1.29, 1.82) is 0 Å². The first-order chi connectivity index (χ1) is 16.1. The van der Waals surface area contributed by atoms with Gasteiger partial charge in [-0.05, 0) is 62.7 Å². The highest BCUT2D eigenvalue weighted by atomic mass is 32.1. The summed E-state index contributed by atoms with van der Waals surface area (Å²) in [5.74, 6) is 1.71. The minimum Gasteiger partial charge on any atom is -0.317 e. The maximum atomic E-state index is 12.9. The van der Waals surface area contributed by atoms with E-state index in [1.165, 1.54) is 23.3 Å². The Hall–Kier alpha value is -1.91. The van der Waals surface area contributed by atoms with E-state index >= 15 is 0 Å². The van der Waals surface area contributed by atoms with Crippen molar-refractivity contribution in [1.82, 2.24) is 25.9 Å². The van der Waals surface area contributed by atoms with E-state index in [9.17, 15) is 4.79 Å². The van der Waals surface area contributed by atoms with Crippen molar-refractivity contribution in [2.75, 3.05) is 25.0 Å². The molecule has 0 aromatic carbocycles. The van der Waals surface area contributed by atoms with Gasteiger partial charge in [0.15, 0.2) is 0 Å². The predicted molar refractivity (Wildman–Crippen MR) is 135 cm³/mol. The maximum Gasteiger partial charge on any atom is 0.226 e. The third-order valence-electron chi connectivity index (χ3n) is 7.31.